The van der Waals surface area contributed by atoms with Gasteiger partial charge in [0.2, 0.25) is 0 Å². The predicted molar refractivity (Wildman–Crippen MR) is 54.6 cm³/mol. The number of fused-ring (bicyclic) bond motifs is 1. The average Bonchev–Trinajstić information content (AvgIpc) is 2.63. The molecule has 0 aliphatic carbocycles. The largest absolute Gasteiger partial charge is 0.481 e. The van der Waals surface area contributed by atoms with E-state index in [1.807, 2.05) is 4.57 Å². The maximum atomic E-state index is 11.0. The number of nitrogens with zero attached hydrogens (tertiary/aromatic N) is 2. The summed E-state index contributed by atoms with van der Waals surface area (Å²) in [6.45, 7) is 0.995. The Morgan fingerprint density at radius 3 is 3.13 bits per heavy atom. The number of carboxylic acids is 1. The molecule has 1 aromatic rings. The van der Waals surface area contributed by atoms with E-state index in [-0.39, 0.29) is 6.54 Å². The lowest BCUT2D eigenvalue weighted by Gasteiger charge is -2.18. The van der Waals surface area contributed by atoms with E-state index in [4.69, 9.17) is 10.8 Å². The molecule has 5 heteroatoms. The maximum Gasteiger partial charge on any atom is 0.313 e. The van der Waals surface area contributed by atoms with E-state index >= 15 is 0 Å². The van der Waals surface area contributed by atoms with Crippen molar-refractivity contribution in [1.29, 1.82) is 0 Å². The first-order valence-electron chi connectivity index (χ1n) is 5.21. The van der Waals surface area contributed by atoms with E-state index in [1.165, 1.54) is 0 Å². The molecule has 0 saturated heterocycles. The van der Waals surface area contributed by atoms with Crippen LogP contribution in [0.25, 0.3) is 0 Å². The molecule has 1 unspecified atom stereocenters. The lowest BCUT2D eigenvalue weighted by Crippen LogP contribution is -2.25. The first-order chi connectivity index (χ1) is 7.24. The fourth-order valence-corrected chi connectivity index (χ4v) is 2.07. The van der Waals surface area contributed by atoms with Gasteiger partial charge >= 0.3 is 5.97 Å². The standard InChI is InChI=1S/C10H15N3O2/c11-5-7(10(14)15)8-6-12-9-3-1-2-4-13(8)9/h6-7H,1-5,11H2,(H,14,15). The van der Waals surface area contributed by atoms with Crippen LogP contribution in [0, 0.1) is 0 Å². The lowest BCUT2D eigenvalue weighted by molar-refractivity contribution is -0.138. The highest BCUT2D eigenvalue weighted by atomic mass is 16.4. The Bertz CT molecular complexity index is 373. The third kappa shape index (κ3) is 1.74. The Labute approximate surface area is 87.9 Å². The highest BCUT2D eigenvalue weighted by Crippen LogP contribution is 2.22. The van der Waals surface area contributed by atoms with Gasteiger partial charge in [-0.2, -0.15) is 0 Å². The summed E-state index contributed by atoms with van der Waals surface area (Å²) in [5, 5.41) is 9.03. The fraction of sp³-hybridized carbons (Fsp3) is 0.600. The molecule has 0 radical (unpaired) electrons. The number of carbonyl (C=O) groups is 1. The zero-order valence-electron chi connectivity index (χ0n) is 8.52. The summed E-state index contributed by atoms with van der Waals surface area (Å²) < 4.78 is 2.01. The van der Waals surface area contributed by atoms with E-state index < -0.39 is 11.9 Å². The van der Waals surface area contributed by atoms with Crippen molar-refractivity contribution in [1.82, 2.24) is 9.55 Å². The molecule has 1 atom stereocenters. The summed E-state index contributed by atoms with van der Waals surface area (Å²) >= 11 is 0. The molecule has 1 aromatic heterocycles. The Hall–Kier alpha value is -1.36. The van der Waals surface area contributed by atoms with E-state index in [2.05, 4.69) is 4.98 Å². The van der Waals surface area contributed by atoms with Gasteiger partial charge in [0.15, 0.2) is 0 Å². The van der Waals surface area contributed by atoms with Gasteiger partial charge in [0, 0.05) is 25.7 Å². The van der Waals surface area contributed by atoms with Gasteiger partial charge in [-0.3, -0.25) is 4.79 Å². The Morgan fingerprint density at radius 2 is 2.47 bits per heavy atom. The highest BCUT2D eigenvalue weighted by Gasteiger charge is 2.24. The van der Waals surface area contributed by atoms with Gasteiger partial charge in [0.25, 0.3) is 0 Å². The number of aromatic nitrogens is 2. The molecular weight excluding hydrogens is 194 g/mol. The first-order valence-corrected chi connectivity index (χ1v) is 5.21. The summed E-state index contributed by atoms with van der Waals surface area (Å²) in [5.41, 5.74) is 6.23. The van der Waals surface area contributed by atoms with Gasteiger partial charge in [0.1, 0.15) is 11.7 Å². The van der Waals surface area contributed by atoms with Crippen LogP contribution >= 0.6 is 0 Å². The number of aliphatic carboxylic acids is 1. The molecule has 1 aliphatic rings. The Kier molecular flexibility index (Phi) is 2.73. The molecule has 2 rings (SSSR count). The molecule has 0 spiro atoms. The topological polar surface area (TPSA) is 81.1 Å². The second-order valence-electron chi connectivity index (χ2n) is 3.83. The van der Waals surface area contributed by atoms with Crippen LogP contribution in [0.1, 0.15) is 30.3 Å². The van der Waals surface area contributed by atoms with E-state index in [1.54, 1.807) is 6.20 Å². The molecule has 0 saturated carbocycles. The number of carboxylic acid groups (broad SMARTS) is 1. The molecule has 0 fully saturated rings. The molecule has 2 heterocycles. The van der Waals surface area contributed by atoms with Gasteiger partial charge in [-0.15, -0.1) is 0 Å². The minimum atomic E-state index is -0.870. The summed E-state index contributed by atoms with van der Waals surface area (Å²) in [6, 6.07) is 0. The zero-order valence-corrected chi connectivity index (χ0v) is 8.52. The normalized spacial score (nSPS) is 17.1. The minimum absolute atomic E-state index is 0.125. The molecule has 0 aromatic carbocycles. The SMILES string of the molecule is NCC(C(=O)O)c1cnc2n1CCCC2. The number of hydrogen-bond acceptors (Lipinski definition) is 3. The van der Waals surface area contributed by atoms with Gasteiger partial charge in [0.05, 0.1) is 5.69 Å². The van der Waals surface area contributed by atoms with Crippen molar-refractivity contribution in [2.75, 3.05) is 6.54 Å². The van der Waals surface area contributed by atoms with Crippen LogP contribution in [0.2, 0.25) is 0 Å². The monoisotopic (exact) mass is 209 g/mol. The summed E-state index contributed by atoms with van der Waals surface area (Å²) in [4.78, 5) is 15.2. The van der Waals surface area contributed by atoms with Crippen molar-refractivity contribution in [3.63, 3.8) is 0 Å². The summed E-state index contributed by atoms with van der Waals surface area (Å²) in [7, 11) is 0. The summed E-state index contributed by atoms with van der Waals surface area (Å²) in [5.74, 6) is -0.494. The third-order valence-electron chi connectivity index (χ3n) is 2.89. The Balaban J connectivity index is 2.35. The van der Waals surface area contributed by atoms with Crippen LogP contribution in [0.4, 0.5) is 0 Å². The second-order valence-corrected chi connectivity index (χ2v) is 3.83. The molecular formula is C10H15N3O2. The van der Waals surface area contributed by atoms with Crippen LogP contribution in [0.5, 0.6) is 0 Å². The zero-order chi connectivity index (χ0) is 10.8. The molecule has 15 heavy (non-hydrogen) atoms. The quantitative estimate of drug-likeness (QED) is 0.752. The third-order valence-corrected chi connectivity index (χ3v) is 2.89. The van der Waals surface area contributed by atoms with Crippen molar-refractivity contribution in [2.45, 2.75) is 31.7 Å². The fourth-order valence-electron chi connectivity index (χ4n) is 2.07. The van der Waals surface area contributed by atoms with Crippen LogP contribution in [0.3, 0.4) is 0 Å². The van der Waals surface area contributed by atoms with Crippen molar-refractivity contribution in [3.05, 3.63) is 17.7 Å². The molecule has 3 N–H and O–H groups in total. The van der Waals surface area contributed by atoms with Gasteiger partial charge in [-0.25, -0.2) is 4.98 Å². The number of hydrogen-bond donors (Lipinski definition) is 2. The molecule has 1 aliphatic heterocycles. The number of imidazole rings is 1. The van der Waals surface area contributed by atoms with Crippen molar-refractivity contribution in [3.8, 4) is 0 Å². The van der Waals surface area contributed by atoms with Gasteiger partial charge in [-0.05, 0) is 12.8 Å². The molecule has 82 valence electrons. The van der Waals surface area contributed by atoms with Crippen LogP contribution in [0.15, 0.2) is 6.20 Å². The lowest BCUT2D eigenvalue weighted by atomic mass is 10.1. The van der Waals surface area contributed by atoms with E-state index in [0.29, 0.717) is 0 Å². The van der Waals surface area contributed by atoms with Crippen LogP contribution in [-0.4, -0.2) is 27.2 Å². The highest BCUT2D eigenvalue weighted by molar-refractivity contribution is 5.75. The predicted octanol–water partition coefficient (Wildman–Crippen LogP) is 0.346. The molecule has 0 amide bonds. The molecule has 5 nitrogen and oxygen atoms in total. The number of rotatable bonds is 3. The maximum absolute atomic E-state index is 11.0. The first kappa shape index (κ1) is 10.2. The molecule has 0 bridgehead atoms. The van der Waals surface area contributed by atoms with Crippen LogP contribution < -0.4 is 5.73 Å². The smallest absolute Gasteiger partial charge is 0.313 e. The van der Waals surface area contributed by atoms with E-state index in [0.717, 1.165) is 37.3 Å². The number of aryl methyl sites for hydroxylation is 1. The second kappa shape index (κ2) is 4.02. The summed E-state index contributed by atoms with van der Waals surface area (Å²) in [6.07, 6.45) is 4.83. The minimum Gasteiger partial charge on any atom is -0.481 e. The van der Waals surface area contributed by atoms with Gasteiger partial charge in [-0.1, -0.05) is 0 Å². The van der Waals surface area contributed by atoms with Crippen LogP contribution in [-0.2, 0) is 17.8 Å². The van der Waals surface area contributed by atoms with Crippen molar-refractivity contribution >= 4 is 5.97 Å². The van der Waals surface area contributed by atoms with E-state index in [9.17, 15) is 4.79 Å². The van der Waals surface area contributed by atoms with Gasteiger partial charge < -0.3 is 15.4 Å². The number of nitrogens with two attached hydrogens (primary N) is 1. The van der Waals surface area contributed by atoms with Crippen molar-refractivity contribution in [2.24, 2.45) is 5.73 Å². The van der Waals surface area contributed by atoms with Crippen molar-refractivity contribution < 1.29 is 9.90 Å². The average molecular weight is 209 g/mol. The Morgan fingerprint density at radius 1 is 1.67 bits per heavy atom.